The van der Waals surface area contributed by atoms with Crippen LogP contribution in [0.3, 0.4) is 0 Å². The van der Waals surface area contributed by atoms with E-state index in [1.807, 2.05) is 0 Å². The van der Waals surface area contributed by atoms with Gasteiger partial charge in [-0.3, -0.25) is 0 Å². The molecule has 0 unspecified atom stereocenters. The maximum absolute atomic E-state index is 6.04. The molecule has 0 bridgehead atoms. The Balaban J connectivity index is 1.95. The molecule has 3 rings (SSSR count). The van der Waals surface area contributed by atoms with Gasteiger partial charge in [-0.15, -0.1) is 0 Å². The van der Waals surface area contributed by atoms with E-state index < -0.39 is 7.92 Å². The molecule has 0 heterocycles. The summed E-state index contributed by atoms with van der Waals surface area (Å²) in [4.78, 5) is 0. The summed E-state index contributed by atoms with van der Waals surface area (Å²) in [6, 6.07) is 26.6. The zero-order valence-corrected chi connectivity index (χ0v) is 17.5. The fraction of sp³-hybridized carbons (Fsp3) is 0.280. The predicted molar refractivity (Wildman–Crippen MR) is 119 cm³/mol. The third-order valence-electron chi connectivity index (χ3n) is 4.72. The highest BCUT2D eigenvalue weighted by molar-refractivity contribution is 7.72. The smallest absolute Gasteiger partial charge is 0.125 e. The van der Waals surface area contributed by atoms with Gasteiger partial charge in [0.25, 0.3) is 0 Å². The lowest BCUT2D eigenvalue weighted by atomic mass is 10.0. The van der Waals surface area contributed by atoms with Gasteiger partial charge < -0.3 is 4.74 Å². The Morgan fingerprint density at radius 1 is 0.815 bits per heavy atom. The van der Waals surface area contributed by atoms with Crippen LogP contribution in [-0.2, 0) is 12.6 Å². The van der Waals surface area contributed by atoms with Gasteiger partial charge in [0, 0.05) is 6.16 Å². The van der Waals surface area contributed by atoms with Crippen LogP contribution in [0.4, 0.5) is 0 Å². The standard InChI is InChI=1S/C25H29OP/c1-4-16-26-25-20(3)17-21(18-22(25)5-2)19-27(23-12-8-6-9-13-23)24-14-10-7-11-15-24/h6-15,17-18H,4-5,16,19H2,1-3H3. The molecule has 0 spiro atoms. The minimum absolute atomic E-state index is 0.418. The molecule has 140 valence electrons. The maximum Gasteiger partial charge on any atom is 0.125 e. The van der Waals surface area contributed by atoms with Gasteiger partial charge in [-0.05, 0) is 55.0 Å². The van der Waals surface area contributed by atoms with Crippen LogP contribution >= 0.6 is 7.92 Å². The van der Waals surface area contributed by atoms with Crippen LogP contribution < -0.4 is 15.3 Å². The lowest BCUT2D eigenvalue weighted by molar-refractivity contribution is 0.312. The second kappa shape index (κ2) is 9.72. The molecule has 0 aliphatic rings. The molecule has 2 heteroatoms. The SMILES string of the molecule is CCCOc1c(C)cc(CP(c2ccccc2)c2ccccc2)cc1CC. The number of rotatable bonds is 8. The van der Waals surface area contributed by atoms with E-state index in [2.05, 4.69) is 93.6 Å². The summed E-state index contributed by atoms with van der Waals surface area (Å²) in [5.74, 6) is 1.09. The average molecular weight is 376 g/mol. The second-order valence-electron chi connectivity index (χ2n) is 6.86. The van der Waals surface area contributed by atoms with E-state index in [1.54, 1.807) is 0 Å². The minimum atomic E-state index is -0.418. The highest BCUT2D eigenvalue weighted by Gasteiger charge is 2.16. The molecule has 27 heavy (non-hydrogen) atoms. The highest BCUT2D eigenvalue weighted by atomic mass is 31.1. The molecule has 0 radical (unpaired) electrons. The normalized spacial score (nSPS) is 11.0. The second-order valence-corrected chi connectivity index (χ2v) is 9.07. The Morgan fingerprint density at radius 2 is 1.41 bits per heavy atom. The number of benzene rings is 3. The first-order valence-electron chi connectivity index (χ1n) is 9.85. The summed E-state index contributed by atoms with van der Waals surface area (Å²) in [5, 5.41) is 2.86. The monoisotopic (exact) mass is 376 g/mol. The first-order chi connectivity index (χ1) is 13.2. The van der Waals surface area contributed by atoms with E-state index in [-0.39, 0.29) is 0 Å². The summed E-state index contributed by atoms with van der Waals surface area (Å²) >= 11 is 0. The van der Waals surface area contributed by atoms with Gasteiger partial charge in [0.15, 0.2) is 0 Å². The number of ether oxygens (including phenoxy) is 1. The Hall–Kier alpha value is -2.11. The van der Waals surface area contributed by atoms with Crippen LogP contribution in [0, 0.1) is 6.92 Å². The van der Waals surface area contributed by atoms with Gasteiger partial charge in [-0.2, -0.15) is 0 Å². The van der Waals surface area contributed by atoms with Gasteiger partial charge in [-0.25, -0.2) is 0 Å². The molecule has 0 fully saturated rings. The minimum Gasteiger partial charge on any atom is -0.493 e. The Labute approximate surface area is 165 Å². The lowest BCUT2D eigenvalue weighted by Crippen LogP contribution is -2.13. The molecule has 0 amide bonds. The van der Waals surface area contributed by atoms with Crippen molar-refractivity contribution in [2.24, 2.45) is 0 Å². The Morgan fingerprint density at radius 3 is 1.93 bits per heavy atom. The Kier molecular flexibility index (Phi) is 7.07. The van der Waals surface area contributed by atoms with Crippen molar-refractivity contribution in [2.75, 3.05) is 6.61 Å². The van der Waals surface area contributed by atoms with Gasteiger partial charge in [0.1, 0.15) is 5.75 Å². The van der Waals surface area contributed by atoms with Crippen molar-refractivity contribution >= 4 is 18.5 Å². The maximum atomic E-state index is 6.04. The summed E-state index contributed by atoms with van der Waals surface area (Å²) in [6.07, 6.45) is 3.10. The van der Waals surface area contributed by atoms with Crippen molar-refractivity contribution < 1.29 is 4.74 Å². The highest BCUT2D eigenvalue weighted by Crippen LogP contribution is 2.39. The van der Waals surface area contributed by atoms with Crippen molar-refractivity contribution in [1.29, 1.82) is 0 Å². The van der Waals surface area contributed by atoms with E-state index in [4.69, 9.17) is 4.74 Å². The Bertz CT molecular complexity index is 803. The van der Waals surface area contributed by atoms with Crippen molar-refractivity contribution in [1.82, 2.24) is 0 Å². The molecule has 0 saturated heterocycles. The first kappa shape index (κ1) is 19.6. The quantitative estimate of drug-likeness (QED) is 0.440. The first-order valence-corrected chi connectivity index (χ1v) is 11.4. The molecule has 3 aromatic carbocycles. The molecule has 0 atom stereocenters. The zero-order valence-electron chi connectivity index (χ0n) is 16.6. The van der Waals surface area contributed by atoms with E-state index >= 15 is 0 Å². The molecule has 1 nitrogen and oxygen atoms in total. The van der Waals surface area contributed by atoms with Crippen LogP contribution in [0.5, 0.6) is 5.75 Å². The lowest BCUT2D eigenvalue weighted by Gasteiger charge is -2.21. The molecule has 3 aromatic rings. The van der Waals surface area contributed by atoms with Crippen LogP contribution in [0.25, 0.3) is 0 Å². The van der Waals surface area contributed by atoms with Gasteiger partial charge >= 0.3 is 0 Å². The summed E-state index contributed by atoms with van der Waals surface area (Å²) in [7, 11) is -0.418. The molecule has 0 aromatic heterocycles. The van der Waals surface area contributed by atoms with Gasteiger partial charge in [0.05, 0.1) is 6.61 Å². The fourth-order valence-corrected chi connectivity index (χ4v) is 5.70. The van der Waals surface area contributed by atoms with Crippen LogP contribution in [0.2, 0.25) is 0 Å². The summed E-state index contributed by atoms with van der Waals surface area (Å²) in [5.41, 5.74) is 4.00. The largest absolute Gasteiger partial charge is 0.493 e. The van der Waals surface area contributed by atoms with Crippen molar-refractivity contribution in [3.63, 3.8) is 0 Å². The number of hydrogen-bond acceptors (Lipinski definition) is 1. The van der Waals surface area contributed by atoms with Crippen LogP contribution in [-0.4, -0.2) is 6.61 Å². The van der Waals surface area contributed by atoms with Crippen molar-refractivity contribution in [3.8, 4) is 5.75 Å². The van der Waals surface area contributed by atoms with Crippen LogP contribution in [0.15, 0.2) is 72.8 Å². The zero-order chi connectivity index (χ0) is 19.1. The number of hydrogen-bond donors (Lipinski definition) is 0. The van der Waals surface area contributed by atoms with Crippen LogP contribution in [0.1, 0.15) is 37.0 Å². The molecule has 0 saturated carbocycles. The van der Waals surface area contributed by atoms with E-state index in [1.165, 1.54) is 27.3 Å². The molecular formula is C25H29OP. The van der Waals surface area contributed by atoms with Crippen molar-refractivity contribution in [3.05, 3.63) is 89.5 Å². The molecule has 0 aliphatic heterocycles. The topological polar surface area (TPSA) is 9.23 Å². The molecule has 0 N–H and O–H groups in total. The third kappa shape index (κ3) is 4.99. The van der Waals surface area contributed by atoms with Gasteiger partial charge in [0.2, 0.25) is 0 Å². The van der Waals surface area contributed by atoms with E-state index in [0.29, 0.717) is 0 Å². The van der Waals surface area contributed by atoms with E-state index in [9.17, 15) is 0 Å². The summed E-state index contributed by atoms with van der Waals surface area (Å²) in [6.45, 7) is 7.34. The third-order valence-corrected chi connectivity index (χ3v) is 7.24. The molecular weight excluding hydrogens is 347 g/mol. The van der Waals surface area contributed by atoms with Crippen molar-refractivity contribution in [2.45, 2.75) is 39.8 Å². The fourth-order valence-electron chi connectivity index (χ4n) is 3.42. The summed E-state index contributed by atoms with van der Waals surface area (Å²) < 4.78 is 6.04. The number of aryl methyl sites for hydroxylation is 2. The predicted octanol–water partition coefficient (Wildman–Crippen LogP) is 5.98. The molecule has 0 aliphatic carbocycles. The van der Waals surface area contributed by atoms with Gasteiger partial charge in [-0.1, -0.05) is 86.6 Å². The van der Waals surface area contributed by atoms with E-state index in [0.717, 1.165) is 31.4 Å². The average Bonchev–Trinajstić information content (AvgIpc) is 2.72.